The minimum atomic E-state index is -1.03. The van der Waals surface area contributed by atoms with Crippen LogP contribution in [0.25, 0.3) is 0 Å². The van der Waals surface area contributed by atoms with Crippen LogP contribution in [0.3, 0.4) is 0 Å². The van der Waals surface area contributed by atoms with Crippen LogP contribution in [-0.2, 0) is 23.7 Å². The number of rotatable bonds is 24. The third kappa shape index (κ3) is 15.0. The van der Waals surface area contributed by atoms with Crippen LogP contribution in [0.5, 0.6) is 0 Å². The van der Waals surface area contributed by atoms with Gasteiger partial charge in [0, 0.05) is 13.2 Å². The van der Waals surface area contributed by atoms with Gasteiger partial charge in [0.1, 0.15) is 24.4 Å². The Balaban J connectivity index is 1.69. The molecule has 0 bridgehead atoms. The fourth-order valence-corrected chi connectivity index (χ4v) is 5.80. The highest BCUT2D eigenvalue weighted by Gasteiger charge is 2.52. The van der Waals surface area contributed by atoms with Gasteiger partial charge in [0.05, 0.1) is 6.61 Å². The minimum Gasteiger partial charge on any atom is -0.372 e. The van der Waals surface area contributed by atoms with Gasteiger partial charge in [0.25, 0.3) is 0 Å². The molecule has 2 heterocycles. The lowest BCUT2D eigenvalue weighted by Crippen LogP contribution is -2.65. The molecule has 5 atom stereocenters. The molecule has 6 nitrogen and oxygen atoms in total. The summed E-state index contributed by atoms with van der Waals surface area (Å²) in [4.78, 5) is 0. The summed E-state index contributed by atoms with van der Waals surface area (Å²) in [6.07, 6.45) is 23.2. The molecule has 0 amide bonds. The van der Waals surface area contributed by atoms with E-state index in [0.29, 0.717) is 19.8 Å². The Morgan fingerprint density at radius 1 is 0.615 bits per heavy atom. The average molecular weight is 557 g/mol. The Labute approximate surface area is 241 Å². The Kier molecular flexibility index (Phi) is 19.2. The molecule has 2 rings (SSSR count). The largest absolute Gasteiger partial charge is 0.372 e. The molecule has 2 fully saturated rings. The van der Waals surface area contributed by atoms with Gasteiger partial charge in [0.15, 0.2) is 12.1 Å². The summed E-state index contributed by atoms with van der Waals surface area (Å²) in [5, 5.41) is 10.8. The molecular weight excluding hydrogens is 492 g/mol. The summed E-state index contributed by atoms with van der Waals surface area (Å²) in [5.41, 5.74) is 0. The molecule has 0 aromatic rings. The highest BCUT2D eigenvalue weighted by atomic mass is 16.8. The van der Waals surface area contributed by atoms with Crippen molar-refractivity contribution in [3.8, 4) is 0 Å². The molecule has 1 N–H and O–H groups in total. The molecule has 2 saturated heterocycles. The molecule has 0 unspecified atom stereocenters. The topological polar surface area (TPSA) is 66.4 Å². The molecular formula is C33H64O6. The summed E-state index contributed by atoms with van der Waals surface area (Å²) < 4.78 is 30.6. The first-order chi connectivity index (χ1) is 19.0. The Hall–Kier alpha value is -0.240. The summed E-state index contributed by atoms with van der Waals surface area (Å²) >= 11 is 0. The predicted molar refractivity (Wildman–Crippen MR) is 159 cm³/mol. The fourth-order valence-electron chi connectivity index (χ4n) is 5.80. The van der Waals surface area contributed by atoms with Crippen LogP contribution in [0.2, 0.25) is 0 Å². The second-order valence-electron chi connectivity index (χ2n) is 12.4. The first-order valence-corrected chi connectivity index (χ1v) is 16.9. The van der Waals surface area contributed by atoms with Crippen LogP contribution in [0.15, 0.2) is 0 Å². The number of fused-ring (bicyclic) bond motifs is 1. The van der Waals surface area contributed by atoms with Gasteiger partial charge in [-0.05, 0) is 26.7 Å². The van der Waals surface area contributed by atoms with Crippen LogP contribution in [0.4, 0.5) is 0 Å². The Bertz CT molecular complexity index is 570. The molecule has 0 radical (unpaired) electrons. The molecule has 0 aliphatic carbocycles. The zero-order valence-corrected chi connectivity index (χ0v) is 26.1. The molecule has 2 aliphatic heterocycles. The molecule has 0 saturated carbocycles. The van der Waals surface area contributed by atoms with E-state index < -0.39 is 18.2 Å². The van der Waals surface area contributed by atoms with Gasteiger partial charge in [-0.2, -0.15) is 0 Å². The van der Waals surface area contributed by atoms with Crippen molar-refractivity contribution >= 4 is 0 Å². The van der Waals surface area contributed by atoms with Gasteiger partial charge in [-0.3, -0.25) is 0 Å². The SMILES string of the molecule is CCCCCCCCCCCCO[C@@H]1[C@@H](OCCCCCCCCCCCC)[C@H](O)O[C@@H]2COC(C)(C)O[C@@H]12. The molecule has 6 heteroatoms. The van der Waals surface area contributed by atoms with E-state index in [1.54, 1.807) is 0 Å². The summed E-state index contributed by atoms with van der Waals surface area (Å²) in [5.74, 6) is -0.702. The number of ether oxygens (including phenoxy) is 5. The third-order valence-corrected chi connectivity index (χ3v) is 8.24. The maximum Gasteiger partial charge on any atom is 0.184 e. The lowest BCUT2D eigenvalue weighted by atomic mass is 9.97. The third-order valence-electron chi connectivity index (χ3n) is 8.24. The Morgan fingerprint density at radius 2 is 1.03 bits per heavy atom. The van der Waals surface area contributed by atoms with Crippen LogP contribution in [-0.4, -0.2) is 61.4 Å². The predicted octanol–water partition coefficient (Wildman–Crippen LogP) is 8.47. The van der Waals surface area contributed by atoms with Gasteiger partial charge in [-0.15, -0.1) is 0 Å². The van der Waals surface area contributed by atoms with E-state index >= 15 is 0 Å². The van der Waals surface area contributed by atoms with Gasteiger partial charge in [-0.1, -0.05) is 129 Å². The number of hydrogen-bond donors (Lipinski definition) is 1. The molecule has 0 aromatic carbocycles. The minimum absolute atomic E-state index is 0.307. The number of hydrogen-bond acceptors (Lipinski definition) is 6. The lowest BCUT2D eigenvalue weighted by molar-refractivity contribution is -0.384. The number of unbranched alkanes of at least 4 members (excludes halogenated alkanes) is 18. The average Bonchev–Trinajstić information content (AvgIpc) is 2.91. The second-order valence-corrected chi connectivity index (χ2v) is 12.4. The highest BCUT2D eigenvalue weighted by molar-refractivity contribution is 4.95. The first kappa shape index (κ1) is 35.0. The van der Waals surface area contributed by atoms with Gasteiger partial charge in [-0.25, -0.2) is 0 Å². The number of aliphatic hydroxyl groups is 1. The maximum atomic E-state index is 10.8. The zero-order valence-electron chi connectivity index (χ0n) is 26.1. The summed E-state index contributed by atoms with van der Waals surface area (Å²) in [6.45, 7) is 10.0. The van der Waals surface area contributed by atoms with Crippen molar-refractivity contribution in [3.05, 3.63) is 0 Å². The molecule has 2 aliphatic rings. The molecule has 232 valence electrons. The van der Waals surface area contributed by atoms with E-state index in [1.807, 2.05) is 13.8 Å². The number of aliphatic hydroxyl groups excluding tert-OH is 1. The monoisotopic (exact) mass is 556 g/mol. The van der Waals surface area contributed by atoms with Crippen molar-refractivity contribution in [1.82, 2.24) is 0 Å². The fraction of sp³-hybridized carbons (Fsp3) is 1.00. The smallest absolute Gasteiger partial charge is 0.184 e. The van der Waals surface area contributed by atoms with Crippen molar-refractivity contribution in [2.45, 2.75) is 193 Å². The second kappa shape index (κ2) is 21.5. The standard InChI is InChI=1S/C33H64O6/c1-5-7-9-11-13-15-17-19-21-23-25-35-30-29-28(27-37-33(3,4)39-29)38-32(34)31(30)36-26-24-22-20-18-16-14-12-10-8-6-2/h28-32,34H,5-27H2,1-4H3/t28-,29-,30+,31-,32-/m1/s1. The van der Waals surface area contributed by atoms with E-state index in [0.717, 1.165) is 19.3 Å². The van der Waals surface area contributed by atoms with Crippen LogP contribution in [0, 0.1) is 0 Å². The lowest BCUT2D eigenvalue weighted by Gasteiger charge is -2.50. The van der Waals surface area contributed by atoms with Crippen molar-refractivity contribution in [2.24, 2.45) is 0 Å². The molecule has 0 spiro atoms. The van der Waals surface area contributed by atoms with Crippen molar-refractivity contribution in [3.63, 3.8) is 0 Å². The van der Waals surface area contributed by atoms with E-state index in [2.05, 4.69) is 13.8 Å². The highest BCUT2D eigenvalue weighted by Crippen LogP contribution is 2.34. The van der Waals surface area contributed by atoms with E-state index in [1.165, 1.54) is 109 Å². The summed E-state index contributed by atoms with van der Waals surface area (Å²) in [7, 11) is 0. The van der Waals surface area contributed by atoms with Gasteiger partial charge >= 0.3 is 0 Å². The summed E-state index contributed by atoms with van der Waals surface area (Å²) in [6, 6.07) is 0. The maximum absolute atomic E-state index is 10.8. The van der Waals surface area contributed by atoms with Gasteiger partial charge < -0.3 is 28.8 Å². The van der Waals surface area contributed by atoms with E-state index in [4.69, 9.17) is 23.7 Å². The molecule has 39 heavy (non-hydrogen) atoms. The Morgan fingerprint density at radius 3 is 1.49 bits per heavy atom. The van der Waals surface area contributed by atoms with E-state index in [9.17, 15) is 5.11 Å². The van der Waals surface area contributed by atoms with Crippen LogP contribution < -0.4 is 0 Å². The first-order valence-electron chi connectivity index (χ1n) is 16.9. The molecule has 0 aromatic heterocycles. The van der Waals surface area contributed by atoms with Crippen molar-refractivity contribution < 1.29 is 28.8 Å². The normalized spacial score (nSPS) is 26.5. The van der Waals surface area contributed by atoms with Crippen molar-refractivity contribution in [2.75, 3.05) is 19.8 Å². The quantitative estimate of drug-likeness (QED) is 0.120. The van der Waals surface area contributed by atoms with Crippen LogP contribution >= 0.6 is 0 Å². The zero-order chi connectivity index (χ0) is 28.2. The van der Waals surface area contributed by atoms with E-state index in [-0.39, 0.29) is 18.3 Å². The van der Waals surface area contributed by atoms with Gasteiger partial charge in [0.2, 0.25) is 0 Å². The van der Waals surface area contributed by atoms with Crippen molar-refractivity contribution in [1.29, 1.82) is 0 Å². The van der Waals surface area contributed by atoms with Crippen LogP contribution in [0.1, 0.15) is 156 Å².